The third-order valence-corrected chi connectivity index (χ3v) is 4.63. The van der Waals surface area contributed by atoms with Crippen LogP contribution < -0.4 is 4.90 Å². The summed E-state index contributed by atoms with van der Waals surface area (Å²) in [6.45, 7) is 11.3. The molecule has 0 bridgehead atoms. The fourth-order valence-electron chi connectivity index (χ4n) is 3.57. The van der Waals surface area contributed by atoms with Crippen LogP contribution in [0.5, 0.6) is 0 Å². The maximum absolute atomic E-state index is 5.55. The molecule has 1 aromatic heterocycles. The van der Waals surface area contributed by atoms with E-state index in [9.17, 15) is 0 Å². The summed E-state index contributed by atoms with van der Waals surface area (Å²) in [6.07, 6.45) is 2.43. The Morgan fingerprint density at radius 3 is 2.57 bits per heavy atom. The SMILES string of the molecule is Cc1cc(N2CCC(N3CCOC[C@@H]3C)CC2)nc(C)n1. The number of aryl methyl sites for hydroxylation is 2. The fourth-order valence-corrected chi connectivity index (χ4v) is 3.57. The van der Waals surface area contributed by atoms with Gasteiger partial charge in [-0.3, -0.25) is 4.90 Å². The van der Waals surface area contributed by atoms with Crippen LogP contribution in [0.2, 0.25) is 0 Å². The average molecular weight is 290 g/mol. The molecular weight excluding hydrogens is 264 g/mol. The number of aromatic nitrogens is 2. The second kappa shape index (κ2) is 6.28. The summed E-state index contributed by atoms with van der Waals surface area (Å²) in [5.74, 6) is 1.96. The molecule has 0 N–H and O–H groups in total. The summed E-state index contributed by atoms with van der Waals surface area (Å²) in [5.41, 5.74) is 1.06. The van der Waals surface area contributed by atoms with Gasteiger partial charge in [0.2, 0.25) is 0 Å². The van der Waals surface area contributed by atoms with Crippen LogP contribution in [0.1, 0.15) is 31.3 Å². The van der Waals surface area contributed by atoms with E-state index in [0.29, 0.717) is 12.1 Å². The van der Waals surface area contributed by atoms with E-state index in [2.05, 4.69) is 32.8 Å². The first-order valence-electron chi connectivity index (χ1n) is 8.04. The Balaban J connectivity index is 1.62. The van der Waals surface area contributed by atoms with Gasteiger partial charge in [-0.15, -0.1) is 0 Å². The minimum Gasteiger partial charge on any atom is -0.379 e. The van der Waals surface area contributed by atoms with Gasteiger partial charge in [0.05, 0.1) is 13.2 Å². The van der Waals surface area contributed by atoms with Gasteiger partial charge in [-0.2, -0.15) is 0 Å². The molecule has 21 heavy (non-hydrogen) atoms. The predicted molar refractivity (Wildman–Crippen MR) is 83.7 cm³/mol. The summed E-state index contributed by atoms with van der Waals surface area (Å²) in [6, 6.07) is 3.35. The van der Waals surface area contributed by atoms with Crippen LogP contribution in [-0.2, 0) is 4.74 Å². The predicted octanol–water partition coefficient (Wildman–Crippen LogP) is 1.78. The molecule has 2 fully saturated rings. The van der Waals surface area contributed by atoms with Crippen molar-refractivity contribution < 1.29 is 4.74 Å². The van der Waals surface area contributed by atoms with Crippen LogP contribution >= 0.6 is 0 Å². The zero-order chi connectivity index (χ0) is 14.8. The molecule has 0 radical (unpaired) electrons. The Morgan fingerprint density at radius 1 is 1.14 bits per heavy atom. The highest BCUT2D eigenvalue weighted by Crippen LogP contribution is 2.24. The van der Waals surface area contributed by atoms with Crippen molar-refractivity contribution in [1.82, 2.24) is 14.9 Å². The van der Waals surface area contributed by atoms with Crippen LogP contribution in [0, 0.1) is 13.8 Å². The molecule has 5 heteroatoms. The van der Waals surface area contributed by atoms with E-state index in [-0.39, 0.29) is 0 Å². The first-order chi connectivity index (χ1) is 10.1. The molecule has 116 valence electrons. The molecule has 1 aromatic rings. The highest BCUT2D eigenvalue weighted by molar-refractivity contribution is 5.40. The van der Waals surface area contributed by atoms with Crippen LogP contribution in [0.3, 0.4) is 0 Å². The number of hydrogen-bond acceptors (Lipinski definition) is 5. The minimum absolute atomic E-state index is 0.554. The Kier molecular flexibility index (Phi) is 4.40. The summed E-state index contributed by atoms with van der Waals surface area (Å²) in [5, 5.41) is 0. The normalized spacial score (nSPS) is 25.3. The Morgan fingerprint density at radius 2 is 1.90 bits per heavy atom. The average Bonchev–Trinajstić information content (AvgIpc) is 2.47. The van der Waals surface area contributed by atoms with Crippen molar-refractivity contribution >= 4 is 5.82 Å². The molecule has 0 amide bonds. The van der Waals surface area contributed by atoms with Gasteiger partial charge in [-0.25, -0.2) is 9.97 Å². The van der Waals surface area contributed by atoms with Crippen molar-refractivity contribution in [3.8, 4) is 0 Å². The quantitative estimate of drug-likeness (QED) is 0.830. The lowest BCUT2D eigenvalue weighted by atomic mass is 10.0. The first kappa shape index (κ1) is 14.7. The van der Waals surface area contributed by atoms with Crippen molar-refractivity contribution in [3.63, 3.8) is 0 Å². The number of ether oxygens (including phenoxy) is 1. The summed E-state index contributed by atoms with van der Waals surface area (Å²) < 4.78 is 5.55. The number of rotatable bonds is 2. The Bertz CT molecular complexity index is 465. The second-order valence-electron chi connectivity index (χ2n) is 6.29. The van der Waals surface area contributed by atoms with Crippen molar-refractivity contribution in [2.75, 3.05) is 37.7 Å². The van der Waals surface area contributed by atoms with Gasteiger partial charge in [0.25, 0.3) is 0 Å². The number of piperidine rings is 1. The van der Waals surface area contributed by atoms with Gasteiger partial charge < -0.3 is 9.64 Å². The zero-order valence-corrected chi connectivity index (χ0v) is 13.4. The summed E-state index contributed by atoms with van der Waals surface area (Å²) >= 11 is 0. The molecular formula is C16H26N4O. The molecule has 0 unspecified atom stereocenters. The summed E-state index contributed by atoms with van der Waals surface area (Å²) in [7, 11) is 0. The number of nitrogens with zero attached hydrogens (tertiary/aromatic N) is 4. The van der Waals surface area contributed by atoms with Gasteiger partial charge in [0.15, 0.2) is 0 Å². The largest absolute Gasteiger partial charge is 0.379 e. The lowest BCUT2D eigenvalue weighted by Gasteiger charge is -2.43. The summed E-state index contributed by atoms with van der Waals surface area (Å²) in [4.78, 5) is 14.0. The topological polar surface area (TPSA) is 41.5 Å². The highest BCUT2D eigenvalue weighted by atomic mass is 16.5. The van der Waals surface area contributed by atoms with E-state index in [0.717, 1.165) is 50.2 Å². The molecule has 0 saturated carbocycles. The molecule has 2 aliphatic rings. The molecule has 0 spiro atoms. The van der Waals surface area contributed by atoms with Crippen molar-refractivity contribution in [1.29, 1.82) is 0 Å². The molecule has 3 rings (SSSR count). The van der Waals surface area contributed by atoms with E-state index in [4.69, 9.17) is 4.74 Å². The second-order valence-corrected chi connectivity index (χ2v) is 6.29. The van der Waals surface area contributed by atoms with E-state index in [1.165, 1.54) is 12.8 Å². The van der Waals surface area contributed by atoms with Crippen molar-refractivity contribution in [2.45, 2.75) is 45.7 Å². The van der Waals surface area contributed by atoms with Crippen molar-refractivity contribution in [3.05, 3.63) is 17.6 Å². The van der Waals surface area contributed by atoms with Gasteiger partial charge in [0.1, 0.15) is 11.6 Å². The Hall–Kier alpha value is -1.20. The lowest BCUT2D eigenvalue weighted by Crippen LogP contribution is -2.53. The first-order valence-corrected chi connectivity index (χ1v) is 8.04. The standard InChI is InChI=1S/C16H26N4O/c1-12-10-16(18-14(3)17-12)19-6-4-15(5-7-19)20-8-9-21-11-13(20)2/h10,13,15H,4-9,11H2,1-3H3/t13-/m0/s1. The fraction of sp³-hybridized carbons (Fsp3) is 0.750. The van der Waals surface area contributed by atoms with E-state index in [1.807, 2.05) is 13.8 Å². The highest BCUT2D eigenvalue weighted by Gasteiger charge is 2.30. The van der Waals surface area contributed by atoms with Crippen LogP contribution in [0.25, 0.3) is 0 Å². The van der Waals surface area contributed by atoms with Crippen LogP contribution in [0.4, 0.5) is 5.82 Å². The monoisotopic (exact) mass is 290 g/mol. The molecule has 2 aliphatic heterocycles. The lowest BCUT2D eigenvalue weighted by molar-refractivity contribution is -0.0265. The molecule has 0 aliphatic carbocycles. The molecule has 3 heterocycles. The smallest absolute Gasteiger partial charge is 0.132 e. The zero-order valence-electron chi connectivity index (χ0n) is 13.4. The molecule has 0 aromatic carbocycles. The van der Waals surface area contributed by atoms with Gasteiger partial charge in [0, 0.05) is 43.5 Å². The van der Waals surface area contributed by atoms with Crippen molar-refractivity contribution in [2.24, 2.45) is 0 Å². The molecule has 5 nitrogen and oxygen atoms in total. The van der Waals surface area contributed by atoms with E-state index in [1.54, 1.807) is 0 Å². The maximum atomic E-state index is 5.55. The number of anilines is 1. The molecule has 2 saturated heterocycles. The number of morpholine rings is 1. The van der Waals surface area contributed by atoms with Gasteiger partial charge in [-0.05, 0) is 33.6 Å². The van der Waals surface area contributed by atoms with Gasteiger partial charge >= 0.3 is 0 Å². The van der Waals surface area contributed by atoms with E-state index < -0.39 is 0 Å². The maximum Gasteiger partial charge on any atom is 0.132 e. The minimum atomic E-state index is 0.554. The third-order valence-electron chi connectivity index (χ3n) is 4.63. The van der Waals surface area contributed by atoms with Crippen LogP contribution in [0.15, 0.2) is 6.07 Å². The van der Waals surface area contributed by atoms with Gasteiger partial charge in [-0.1, -0.05) is 0 Å². The van der Waals surface area contributed by atoms with Crippen LogP contribution in [-0.4, -0.2) is 59.8 Å². The Labute approximate surface area is 127 Å². The van der Waals surface area contributed by atoms with E-state index >= 15 is 0 Å². The number of hydrogen-bond donors (Lipinski definition) is 0. The molecule has 1 atom stereocenters. The third kappa shape index (κ3) is 3.35.